The lowest BCUT2D eigenvalue weighted by Gasteiger charge is -2.15. The molecule has 0 bridgehead atoms. The van der Waals surface area contributed by atoms with Crippen LogP contribution in [0.2, 0.25) is 0 Å². The van der Waals surface area contributed by atoms with Crippen molar-refractivity contribution in [1.82, 2.24) is 4.90 Å². The van der Waals surface area contributed by atoms with E-state index in [9.17, 15) is 0 Å². The summed E-state index contributed by atoms with van der Waals surface area (Å²) in [5, 5.41) is 0. The van der Waals surface area contributed by atoms with Crippen LogP contribution in [0.15, 0.2) is 22.8 Å². The van der Waals surface area contributed by atoms with Crippen LogP contribution in [0.5, 0.6) is 0 Å². The van der Waals surface area contributed by atoms with E-state index >= 15 is 0 Å². The van der Waals surface area contributed by atoms with Crippen LogP contribution >= 0.6 is 0 Å². The third-order valence-electron chi connectivity index (χ3n) is 1.64. The Morgan fingerprint density at radius 2 is 2.33 bits per heavy atom. The Labute approximate surface area is 73.2 Å². The van der Waals surface area contributed by atoms with E-state index in [0.29, 0.717) is 0 Å². The van der Waals surface area contributed by atoms with Gasteiger partial charge in [-0.05, 0) is 26.2 Å². The number of nitrogens with zero attached hydrogens (tertiary/aromatic N) is 1. The zero-order chi connectivity index (χ0) is 8.97. The van der Waals surface area contributed by atoms with E-state index in [1.54, 1.807) is 6.26 Å². The lowest BCUT2D eigenvalue weighted by Crippen LogP contribution is -2.34. The van der Waals surface area contributed by atoms with Gasteiger partial charge in [-0.2, -0.15) is 0 Å². The standard InChI is InChI=1S/C9H16N2O/c1-11(2)7-8(10)6-9-4-3-5-12-9/h3-5,8H,6-7,10H2,1-2H3. The molecule has 0 fully saturated rings. The molecule has 0 amide bonds. The van der Waals surface area contributed by atoms with Crippen molar-refractivity contribution in [1.29, 1.82) is 0 Å². The number of likely N-dealkylation sites (N-methyl/N-ethyl adjacent to an activating group) is 1. The van der Waals surface area contributed by atoms with Crippen LogP contribution in [-0.2, 0) is 6.42 Å². The summed E-state index contributed by atoms with van der Waals surface area (Å²) in [6.07, 6.45) is 2.49. The van der Waals surface area contributed by atoms with Crippen molar-refractivity contribution in [3.05, 3.63) is 24.2 Å². The van der Waals surface area contributed by atoms with Gasteiger partial charge < -0.3 is 15.1 Å². The predicted octanol–water partition coefficient (Wildman–Crippen LogP) is 0.711. The molecular formula is C9H16N2O. The maximum Gasteiger partial charge on any atom is 0.105 e. The monoisotopic (exact) mass is 168 g/mol. The van der Waals surface area contributed by atoms with Crippen molar-refractivity contribution in [2.75, 3.05) is 20.6 Å². The van der Waals surface area contributed by atoms with Gasteiger partial charge in [0.25, 0.3) is 0 Å². The first-order valence-electron chi connectivity index (χ1n) is 4.11. The first-order valence-corrected chi connectivity index (χ1v) is 4.11. The van der Waals surface area contributed by atoms with Gasteiger partial charge in [0, 0.05) is 19.0 Å². The van der Waals surface area contributed by atoms with Gasteiger partial charge in [0.05, 0.1) is 6.26 Å². The first-order chi connectivity index (χ1) is 5.68. The molecule has 0 saturated heterocycles. The fraction of sp³-hybridized carbons (Fsp3) is 0.556. The minimum atomic E-state index is 0.158. The topological polar surface area (TPSA) is 42.4 Å². The molecule has 0 aliphatic heterocycles. The number of nitrogens with two attached hydrogens (primary N) is 1. The molecule has 1 unspecified atom stereocenters. The Balaban J connectivity index is 2.32. The first kappa shape index (κ1) is 9.29. The smallest absolute Gasteiger partial charge is 0.105 e. The van der Waals surface area contributed by atoms with Gasteiger partial charge in [0.1, 0.15) is 5.76 Å². The molecule has 3 heteroatoms. The third-order valence-corrected chi connectivity index (χ3v) is 1.64. The van der Waals surface area contributed by atoms with E-state index in [1.165, 1.54) is 0 Å². The summed E-state index contributed by atoms with van der Waals surface area (Å²) in [5.74, 6) is 0.962. The fourth-order valence-electron chi connectivity index (χ4n) is 1.22. The van der Waals surface area contributed by atoms with E-state index < -0.39 is 0 Å². The van der Waals surface area contributed by atoms with Crippen molar-refractivity contribution in [2.45, 2.75) is 12.5 Å². The number of rotatable bonds is 4. The van der Waals surface area contributed by atoms with Gasteiger partial charge >= 0.3 is 0 Å². The molecule has 3 nitrogen and oxygen atoms in total. The Morgan fingerprint density at radius 1 is 1.58 bits per heavy atom. The summed E-state index contributed by atoms with van der Waals surface area (Å²) in [5.41, 5.74) is 5.86. The number of hydrogen-bond donors (Lipinski definition) is 1. The molecular weight excluding hydrogens is 152 g/mol. The molecule has 12 heavy (non-hydrogen) atoms. The largest absolute Gasteiger partial charge is 0.469 e. The van der Waals surface area contributed by atoms with Crippen molar-refractivity contribution in [3.8, 4) is 0 Å². The average Bonchev–Trinajstić information content (AvgIpc) is 2.37. The van der Waals surface area contributed by atoms with E-state index in [0.717, 1.165) is 18.7 Å². The number of hydrogen-bond acceptors (Lipinski definition) is 3. The molecule has 1 rings (SSSR count). The Hall–Kier alpha value is -0.800. The van der Waals surface area contributed by atoms with E-state index in [4.69, 9.17) is 10.2 Å². The third kappa shape index (κ3) is 3.07. The fourth-order valence-corrected chi connectivity index (χ4v) is 1.22. The van der Waals surface area contributed by atoms with Gasteiger partial charge in [-0.25, -0.2) is 0 Å². The van der Waals surface area contributed by atoms with Crippen LogP contribution in [-0.4, -0.2) is 31.6 Å². The van der Waals surface area contributed by atoms with Gasteiger partial charge in [-0.1, -0.05) is 0 Å². The predicted molar refractivity (Wildman–Crippen MR) is 48.9 cm³/mol. The second kappa shape index (κ2) is 4.28. The molecule has 1 aromatic rings. The summed E-state index contributed by atoms with van der Waals surface area (Å²) < 4.78 is 5.19. The molecule has 68 valence electrons. The van der Waals surface area contributed by atoms with Crippen molar-refractivity contribution in [2.24, 2.45) is 5.73 Å². The summed E-state index contributed by atoms with van der Waals surface area (Å²) in [6.45, 7) is 0.890. The SMILES string of the molecule is CN(C)CC(N)Cc1ccco1. The molecule has 0 aliphatic rings. The van der Waals surface area contributed by atoms with Gasteiger partial charge in [-0.3, -0.25) is 0 Å². The van der Waals surface area contributed by atoms with Crippen LogP contribution in [0, 0.1) is 0 Å². The quantitative estimate of drug-likeness (QED) is 0.720. The summed E-state index contributed by atoms with van der Waals surface area (Å²) in [7, 11) is 4.03. The second-order valence-corrected chi connectivity index (χ2v) is 3.31. The molecule has 0 saturated carbocycles. The molecule has 2 N–H and O–H groups in total. The molecule has 0 radical (unpaired) electrons. The van der Waals surface area contributed by atoms with Crippen LogP contribution < -0.4 is 5.73 Å². The van der Waals surface area contributed by atoms with Crippen LogP contribution in [0.4, 0.5) is 0 Å². The minimum Gasteiger partial charge on any atom is -0.469 e. The highest BCUT2D eigenvalue weighted by atomic mass is 16.3. The van der Waals surface area contributed by atoms with Crippen molar-refractivity contribution in [3.63, 3.8) is 0 Å². The number of furan rings is 1. The summed E-state index contributed by atoms with van der Waals surface area (Å²) in [4.78, 5) is 2.08. The van der Waals surface area contributed by atoms with Crippen LogP contribution in [0.3, 0.4) is 0 Å². The lowest BCUT2D eigenvalue weighted by atomic mass is 10.2. The van der Waals surface area contributed by atoms with Crippen LogP contribution in [0.1, 0.15) is 5.76 Å². The highest BCUT2D eigenvalue weighted by Crippen LogP contribution is 2.02. The van der Waals surface area contributed by atoms with E-state index in [-0.39, 0.29) is 6.04 Å². The second-order valence-electron chi connectivity index (χ2n) is 3.31. The maximum absolute atomic E-state index is 5.86. The summed E-state index contributed by atoms with van der Waals surface area (Å²) >= 11 is 0. The van der Waals surface area contributed by atoms with Crippen molar-refractivity contribution < 1.29 is 4.42 Å². The molecule has 1 atom stereocenters. The molecule has 0 aromatic carbocycles. The Kier molecular flexibility index (Phi) is 3.31. The van der Waals surface area contributed by atoms with Crippen LogP contribution in [0.25, 0.3) is 0 Å². The molecule has 0 spiro atoms. The van der Waals surface area contributed by atoms with Crippen molar-refractivity contribution >= 4 is 0 Å². The molecule has 1 heterocycles. The maximum atomic E-state index is 5.86. The Bertz CT molecular complexity index is 206. The van der Waals surface area contributed by atoms with E-state index in [2.05, 4.69) is 4.90 Å². The van der Waals surface area contributed by atoms with Gasteiger partial charge in [0.2, 0.25) is 0 Å². The normalized spacial score (nSPS) is 13.7. The van der Waals surface area contributed by atoms with Gasteiger partial charge in [-0.15, -0.1) is 0 Å². The zero-order valence-electron chi connectivity index (χ0n) is 7.66. The highest BCUT2D eigenvalue weighted by molar-refractivity contribution is 5.00. The highest BCUT2D eigenvalue weighted by Gasteiger charge is 2.06. The zero-order valence-corrected chi connectivity index (χ0v) is 7.66. The molecule has 1 aromatic heterocycles. The summed E-state index contributed by atoms with van der Waals surface area (Å²) in [6, 6.07) is 4.00. The average molecular weight is 168 g/mol. The van der Waals surface area contributed by atoms with E-state index in [1.807, 2.05) is 26.2 Å². The lowest BCUT2D eigenvalue weighted by molar-refractivity contribution is 0.359. The minimum absolute atomic E-state index is 0.158. The Morgan fingerprint density at radius 3 is 2.83 bits per heavy atom. The molecule has 0 aliphatic carbocycles. The van der Waals surface area contributed by atoms with Gasteiger partial charge in [0.15, 0.2) is 0 Å².